The number of phenols is 1. The van der Waals surface area contributed by atoms with Gasteiger partial charge in [-0.3, -0.25) is 24.4 Å². The van der Waals surface area contributed by atoms with Gasteiger partial charge in [-0.2, -0.15) is 0 Å². The number of halogens is 1. The molecule has 0 aliphatic carbocycles. The number of hydrogen-bond acceptors (Lipinski definition) is 17. The molecule has 2 amide bonds. The third-order valence-electron chi connectivity index (χ3n) is 10.1. The Hall–Kier alpha value is -4.67. The molecule has 2 fully saturated rings. The number of carbonyl (C=O) groups excluding carboxylic acids is 4. The molecule has 4 aromatic heterocycles. The number of cyclic esters (lactones) is 2. The van der Waals surface area contributed by atoms with Crippen LogP contribution in [-0.4, -0.2) is 91.0 Å². The third-order valence-corrected chi connectivity index (χ3v) is 10.8. The minimum Gasteiger partial charge on any atom is -1.00 e. The summed E-state index contributed by atoms with van der Waals surface area (Å²) in [6.07, 6.45) is 2.71. The van der Waals surface area contributed by atoms with Crippen LogP contribution in [0.2, 0.25) is 0 Å². The molecule has 0 saturated carbocycles. The molecule has 2 aliphatic heterocycles. The van der Waals surface area contributed by atoms with Gasteiger partial charge < -0.3 is 64.6 Å². The molecule has 8 aromatic rings. The fourth-order valence-corrected chi connectivity index (χ4v) is 7.24. The maximum atomic E-state index is 12.1. The fourth-order valence-electron chi connectivity index (χ4n) is 6.87. The van der Waals surface area contributed by atoms with Gasteiger partial charge in [0.1, 0.15) is 70.4 Å². The normalized spacial score (nSPS) is 14.1. The summed E-state index contributed by atoms with van der Waals surface area (Å²) in [4.78, 5) is 55.1. The Bertz CT molecular complexity index is 3130. The van der Waals surface area contributed by atoms with Crippen molar-refractivity contribution in [3.63, 3.8) is 0 Å². The molecule has 2 atom stereocenters. The van der Waals surface area contributed by atoms with Crippen LogP contribution in [0, 0.1) is 13.8 Å². The van der Waals surface area contributed by atoms with Gasteiger partial charge in [0.2, 0.25) is 0 Å². The second kappa shape index (κ2) is 26.7. The number of aryl methyl sites for hydroxylation is 2. The molecule has 0 radical (unpaired) electrons. The number of fused-ring (bicyclic) bond motifs is 4. The molecule has 354 valence electrons. The number of benzene rings is 4. The second-order valence-corrected chi connectivity index (χ2v) is 15.3. The zero-order valence-corrected chi connectivity index (χ0v) is 46.6. The number of nitrogens with zero attached hydrogens (tertiary/aromatic N) is 2. The van der Waals surface area contributed by atoms with Gasteiger partial charge in [0, 0.05) is 77.6 Å². The van der Waals surface area contributed by atoms with E-state index in [0.29, 0.717) is 79.7 Å². The Balaban J connectivity index is 0.000000257. The van der Waals surface area contributed by atoms with Crippen LogP contribution in [0.5, 0.6) is 34.5 Å². The number of aromatic hydroxyl groups is 1. The molecule has 2 aliphatic rings. The zero-order valence-electron chi connectivity index (χ0n) is 39.7. The summed E-state index contributed by atoms with van der Waals surface area (Å²) in [5.74, 6) is 3.82. The number of carbonyl (C=O) groups is 4. The maximum absolute atomic E-state index is 12.1. The van der Waals surface area contributed by atoms with Crippen molar-refractivity contribution in [2.24, 2.45) is 0 Å². The first kappa shape index (κ1) is 56.2. The average molecular weight is 1070 g/mol. The first-order valence-corrected chi connectivity index (χ1v) is 21.7. The largest absolute Gasteiger partial charge is 1.00 e. The number of aromatic nitrogens is 2. The molecule has 22 heteroatoms. The Morgan fingerprint density at radius 2 is 1.24 bits per heavy atom. The number of epoxide rings is 1. The molecule has 0 bridgehead atoms. The van der Waals surface area contributed by atoms with Gasteiger partial charge in [-0.05, 0) is 74.5 Å². The van der Waals surface area contributed by atoms with Gasteiger partial charge in [0.25, 0.3) is 18.3 Å². The standard InChI is InChI=1S/C24H20N2O7.C20H16N2O4.C3H5BrO.CH2O3.2K.H/c1-13-22(23(27)25-2)18-6-4-15(10-21(18)31-13)32-20-7-8-26-19-9-14(3-5-17(19)20)29-11-16-12-30-24(28)33-16;1-11-19(20(24)21-2)15-6-4-13(10-18(15)25-11)26-17-7-8-22-16-9-12(23)3-5-14(16)17;4-1-3-2-5-3;2-1-4-3;;;/h3-10,16H,11-12H2,1-2H3,(H,25,27);3-10,23H,1-2H3,(H,21,24);3H,1-2H2;1,3H;;;/q;;;;2*+1;-1/p-1. The molecule has 4 aromatic carbocycles. The number of furan rings is 2. The van der Waals surface area contributed by atoms with Crippen molar-refractivity contribution in [2.75, 3.05) is 39.2 Å². The summed E-state index contributed by atoms with van der Waals surface area (Å²) < 4.78 is 43.8. The predicted molar refractivity (Wildman–Crippen MR) is 247 cm³/mol. The van der Waals surface area contributed by atoms with Gasteiger partial charge in [0.15, 0.2) is 6.10 Å². The van der Waals surface area contributed by atoms with E-state index < -0.39 is 12.3 Å². The number of hydrogen-bond donors (Lipinski definition) is 3. The molecule has 0 spiro atoms. The van der Waals surface area contributed by atoms with Gasteiger partial charge in [-0.15, -0.1) is 0 Å². The first-order chi connectivity index (χ1) is 32.9. The average Bonchev–Trinajstić information content (AvgIpc) is 3.89. The predicted octanol–water partition coefficient (Wildman–Crippen LogP) is 1.84. The molecule has 2 saturated heterocycles. The van der Waals surface area contributed by atoms with Crippen molar-refractivity contribution >= 4 is 84.1 Å². The van der Waals surface area contributed by atoms with Crippen LogP contribution in [0.15, 0.2) is 106 Å². The molecule has 70 heavy (non-hydrogen) atoms. The summed E-state index contributed by atoms with van der Waals surface area (Å²) in [5.41, 5.74) is 3.50. The minimum atomic E-state index is -0.682. The summed E-state index contributed by atoms with van der Waals surface area (Å²) in [5, 5.41) is 27.3. The fraction of sp³-hybridized carbons (Fsp3) is 0.208. The summed E-state index contributed by atoms with van der Waals surface area (Å²) in [6.45, 7) is 4.66. The van der Waals surface area contributed by atoms with Gasteiger partial charge in [0.05, 0.1) is 34.9 Å². The van der Waals surface area contributed by atoms with Crippen LogP contribution in [0.4, 0.5) is 4.79 Å². The summed E-state index contributed by atoms with van der Waals surface area (Å²) >= 11 is 3.25. The Kier molecular flexibility index (Phi) is 21.4. The number of amides is 2. The van der Waals surface area contributed by atoms with Crippen molar-refractivity contribution in [3.8, 4) is 34.5 Å². The van der Waals surface area contributed by atoms with Gasteiger partial charge >= 0.3 is 109 Å². The number of rotatable bonds is 11. The maximum Gasteiger partial charge on any atom is 1.00 e. The van der Waals surface area contributed by atoms with E-state index >= 15 is 0 Å². The van der Waals surface area contributed by atoms with E-state index in [9.17, 15) is 19.5 Å². The van der Waals surface area contributed by atoms with Crippen LogP contribution in [0.25, 0.3) is 43.7 Å². The number of alkyl halides is 1. The van der Waals surface area contributed by atoms with Gasteiger partial charge in [-0.25, -0.2) is 4.79 Å². The van der Waals surface area contributed by atoms with Crippen molar-refractivity contribution in [2.45, 2.75) is 26.1 Å². The molecule has 2 unspecified atom stereocenters. The van der Waals surface area contributed by atoms with E-state index in [-0.39, 0.29) is 141 Å². The Labute approximate surface area is 494 Å². The second-order valence-electron chi connectivity index (χ2n) is 14.7. The van der Waals surface area contributed by atoms with E-state index in [1.54, 1.807) is 119 Å². The SMILES string of the molecule is BrCC1CO1.CNC(=O)c1c(C)oc2cc(Oc3ccnc4cc(O)ccc34)ccc12.CNC(=O)c1c(C)oc2cc(Oc3ccnc4cc(OCC5COC(=O)O5)ccc34)ccc12.O=CO[O-].[H-].[K+].[K+]. The Morgan fingerprint density at radius 1 is 0.757 bits per heavy atom. The van der Waals surface area contributed by atoms with E-state index in [1.807, 2.05) is 6.07 Å². The van der Waals surface area contributed by atoms with Crippen LogP contribution in [0.3, 0.4) is 0 Å². The van der Waals surface area contributed by atoms with Crippen molar-refractivity contribution in [1.29, 1.82) is 0 Å². The topological polar surface area (TPSA) is 256 Å². The van der Waals surface area contributed by atoms with E-state index in [4.69, 9.17) is 47.3 Å². The molecule has 3 N–H and O–H groups in total. The van der Waals surface area contributed by atoms with Crippen molar-refractivity contribution in [1.82, 2.24) is 20.6 Å². The van der Waals surface area contributed by atoms with E-state index in [0.717, 1.165) is 33.5 Å². The van der Waals surface area contributed by atoms with Crippen molar-refractivity contribution < 1.29 is 176 Å². The van der Waals surface area contributed by atoms with E-state index in [1.165, 1.54) is 0 Å². The Morgan fingerprint density at radius 3 is 1.69 bits per heavy atom. The monoisotopic (exact) mass is 1070 g/mol. The first-order valence-electron chi connectivity index (χ1n) is 20.6. The molecule has 19 nitrogen and oxygen atoms in total. The van der Waals surface area contributed by atoms with Crippen LogP contribution in [0.1, 0.15) is 33.7 Å². The number of nitrogens with one attached hydrogen (secondary N) is 2. The number of ether oxygens (including phenoxy) is 6. The van der Waals surface area contributed by atoms with Gasteiger partial charge in [-0.1, -0.05) is 15.9 Å². The summed E-state index contributed by atoms with van der Waals surface area (Å²) in [7, 11) is 3.17. The smallest absolute Gasteiger partial charge is 1.00 e. The number of pyridine rings is 2. The van der Waals surface area contributed by atoms with Crippen LogP contribution >= 0.6 is 15.9 Å². The molecular formula is C48H43BrK2N4O15. The minimum absolute atomic E-state index is 0. The zero-order chi connectivity index (χ0) is 48.3. The summed E-state index contributed by atoms with van der Waals surface area (Å²) in [6, 6.07) is 24.6. The third kappa shape index (κ3) is 14.3. The van der Waals surface area contributed by atoms with E-state index in [2.05, 4.69) is 41.4 Å². The number of phenolic OH excluding ortho intramolecular Hbond substituents is 1. The molecule has 10 rings (SSSR count). The molecule has 6 heterocycles. The van der Waals surface area contributed by atoms with Crippen molar-refractivity contribution in [3.05, 3.63) is 120 Å². The van der Waals surface area contributed by atoms with Crippen LogP contribution < -0.4 is 133 Å². The van der Waals surface area contributed by atoms with Crippen LogP contribution in [-0.2, 0) is 23.9 Å². The molecular weight excluding hydrogens is 1030 g/mol. The quantitative estimate of drug-likeness (QED) is 0.0318.